The van der Waals surface area contributed by atoms with E-state index >= 15 is 0 Å². The Morgan fingerprint density at radius 2 is 1.54 bits per heavy atom. The van der Waals surface area contributed by atoms with E-state index in [0.29, 0.717) is 49.5 Å². The molecule has 4 aromatic carbocycles. The Bertz CT molecular complexity index is 2080. The number of carbonyl (C=O) groups excluding carboxylic acids is 1. The molecule has 1 atom stereocenters. The molecule has 10 heteroatoms. The maximum atomic E-state index is 14.0. The quantitative estimate of drug-likeness (QED) is 0.105. The second-order valence-corrected chi connectivity index (χ2v) is 11.7. The number of carbonyl (C=O) groups is 1. The largest absolute Gasteiger partial charge is 0.493 e. The summed E-state index contributed by atoms with van der Waals surface area (Å²) in [4.78, 5) is 32.8. The Morgan fingerprint density at radius 1 is 0.913 bits per heavy atom. The highest BCUT2D eigenvalue weighted by Gasteiger charge is 2.33. The summed E-state index contributed by atoms with van der Waals surface area (Å²) in [5, 5.41) is 0.321. The van der Waals surface area contributed by atoms with Gasteiger partial charge in [0.25, 0.3) is 5.56 Å². The van der Waals surface area contributed by atoms with Crippen molar-refractivity contribution in [2.45, 2.75) is 13.0 Å². The molecule has 0 saturated carbocycles. The molecule has 2 heterocycles. The van der Waals surface area contributed by atoms with Crippen molar-refractivity contribution < 1.29 is 23.7 Å². The van der Waals surface area contributed by atoms with Crippen molar-refractivity contribution in [3.63, 3.8) is 0 Å². The number of fused-ring (bicyclic) bond motifs is 1. The first kappa shape index (κ1) is 30.9. The van der Waals surface area contributed by atoms with Crippen molar-refractivity contribution in [3.05, 3.63) is 150 Å². The van der Waals surface area contributed by atoms with Crippen LogP contribution in [0.15, 0.2) is 124 Å². The summed E-state index contributed by atoms with van der Waals surface area (Å²) < 4.78 is 24.9. The molecule has 0 fully saturated rings. The molecule has 232 valence electrons. The van der Waals surface area contributed by atoms with Gasteiger partial charge in [-0.15, -0.1) is 0 Å². The summed E-state index contributed by atoms with van der Waals surface area (Å²) in [6, 6.07) is 30.4. The Hall–Kier alpha value is -5.12. The normalized spacial score (nSPS) is 14.3. The first-order valence-electron chi connectivity index (χ1n) is 14.5. The number of nitrogens with zero attached hydrogens (tertiary/aromatic N) is 2. The molecule has 46 heavy (non-hydrogen) atoms. The van der Waals surface area contributed by atoms with Crippen LogP contribution in [0.3, 0.4) is 0 Å². The fraction of sp³-hybridized carbons (Fsp3) is 0.139. The molecular weight excluding hydrogens is 624 g/mol. The molecule has 0 saturated heterocycles. The minimum atomic E-state index is -0.734. The van der Waals surface area contributed by atoms with E-state index in [1.54, 1.807) is 54.0 Å². The molecule has 5 aromatic rings. The molecule has 0 radical (unpaired) electrons. The number of halogens is 1. The van der Waals surface area contributed by atoms with E-state index in [-0.39, 0.29) is 17.7 Å². The Labute approximate surface area is 274 Å². The third-order valence-electron chi connectivity index (χ3n) is 7.20. The highest BCUT2D eigenvalue weighted by atomic mass is 35.5. The van der Waals surface area contributed by atoms with E-state index in [9.17, 15) is 9.59 Å². The van der Waals surface area contributed by atoms with E-state index in [1.165, 1.54) is 18.4 Å². The van der Waals surface area contributed by atoms with Gasteiger partial charge in [-0.3, -0.25) is 9.36 Å². The summed E-state index contributed by atoms with van der Waals surface area (Å²) in [5.74, 6) is 1.36. The fourth-order valence-corrected chi connectivity index (χ4v) is 6.44. The Morgan fingerprint density at radius 3 is 2.22 bits per heavy atom. The van der Waals surface area contributed by atoms with Crippen LogP contribution in [0.5, 0.6) is 23.0 Å². The number of para-hydroxylation sites is 2. The number of esters is 1. The number of thiazole rings is 1. The lowest BCUT2D eigenvalue weighted by atomic mass is 9.96. The van der Waals surface area contributed by atoms with Gasteiger partial charge in [0.05, 0.1) is 34.0 Å². The van der Waals surface area contributed by atoms with Gasteiger partial charge < -0.3 is 18.9 Å². The van der Waals surface area contributed by atoms with Crippen molar-refractivity contribution in [2.75, 3.05) is 20.3 Å². The summed E-state index contributed by atoms with van der Waals surface area (Å²) in [6.45, 7) is 2.31. The van der Waals surface area contributed by atoms with Gasteiger partial charge >= 0.3 is 5.97 Å². The van der Waals surface area contributed by atoms with Gasteiger partial charge in [0.1, 0.15) is 24.7 Å². The zero-order valence-electron chi connectivity index (χ0n) is 25.0. The van der Waals surface area contributed by atoms with E-state index in [4.69, 9.17) is 30.5 Å². The van der Waals surface area contributed by atoms with Crippen LogP contribution in [-0.4, -0.2) is 30.9 Å². The molecule has 0 amide bonds. The van der Waals surface area contributed by atoms with Crippen LogP contribution >= 0.6 is 22.9 Å². The van der Waals surface area contributed by atoms with Gasteiger partial charge in [0.2, 0.25) is 0 Å². The summed E-state index contributed by atoms with van der Waals surface area (Å²) >= 11 is 7.86. The number of hydrogen-bond donors (Lipinski definition) is 0. The molecule has 1 aromatic heterocycles. The number of allylic oxidation sites excluding steroid dienone is 1. The van der Waals surface area contributed by atoms with Crippen molar-refractivity contribution in [1.82, 2.24) is 4.57 Å². The monoisotopic (exact) mass is 652 g/mol. The van der Waals surface area contributed by atoms with E-state index in [2.05, 4.69) is 4.99 Å². The summed E-state index contributed by atoms with van der Waals surface area (Å²) in [5.41, 5.74) is 1.85. The van der Waals surface area contributed by atoms with Gasteiger partial charge in [0, 0.05) is 0 Å². The number of benzene rings is 4. The Kier molecular flexibility index (Phi) is 9.33. The van der Waals surface area contributed by atoms with Crippen LogP contribution in [0.2, 0.25) is 5.02 Å². The lowest BCUT2D eigenvalue weighted by molar-refractivity contribution is -0.130. The molecular formula is C36H29ClN2O6S. The fourth-order valence-electron chi connectivity index (χ4n) is 5.12. The van der Waals surface area contributed by atoms with E-state index in [1.807, 2.05) is 66.7 Å². The van der Waals surface area contributed by atoms with Crippen LogP contribution in [0, 0.1) is 0 Å². The van der Waals surface area contributed by atoms with Crippen molar-refractivity contribution in [1.29, 1.82) is 0 Å². The standard InChI is InChI=1S/C36H29ClN2O6S/c1-23-31(35(41)45-27-16-10-5-11-17-27)32(25-12-6-3-7-13-25)39-34(40)30(46-36(39)38-23)22-24-20-28(37)33(29(21-24)42-2)44-19-18-43-26-14-8-4-9-15-26/h3-17,20-22,32H,18-19H2,1-2H3. The topological polar surface area (TPSA) is 88.4 Å². The number of hydrogen-bond acceptors (Lipinski definition) is 8. The number of methoxy groups -OCH3 is 1. The minimum Gasteiger partial charge on any atom is -0.493 e. The number of aromatic nitrogens is 1. The molecule has 6 rings (SSSR count). The lowest BCUT2D eigenvalue weighted by Gasteiger charge is -2.24. The first-order valence-corrected chi connectivity index (χ1v) is 15.7. The van der Waals surface area contributed by atoms with Crippen LogP contribution < -0.4 is 33.8 Å². The smallest absolute Gasteiger partial charge is 0.343 e. The number of rotatable bonds is 10. The Balaban J connectivity index is 1.33. The van der Waals surface area contributed by atoms with E-state index < -0.39 is 12.0 Å². The van der Waals surface area contributed by atoms with E-state index in [0.717, 1.165) is 11.3 Å². The molecule has 1 aliphatic rings. The molecule has 0 aliphatic carbocycles. The molecule has 0 bridgehead atoms. The summed E-state index contributed by atoms with van der Waals surface area (Å²) in [7, 11) is 1.52. The second-order valence-electron chi connectivity index (χ2n) is 10.2. The van der Waals surface area contributed by atoms with Crippen LogP contribution in [0.25, 0.3) is 6.08 Å². The average Bonchev–Trinajstić information content (AvgIpc) is 3.37. The van der Waals surface area contributed by atoms with Crippen molar-refractivity contribution >= 4 is 35.0 Å². The van der Waals surface area contributed by atoms with Gasteiger partial charge in [-0.1, -0.05) is 89.7 Å². The zero-order chi connectivity index (χ0) is 32.0. The maximum Gasteiger partial charge on any atom is 0.343 e. The predicted molar refractivity (Wildman–Crippen MR) is 178 cm³/mol. The highest BCUT2D eigenvalue weighted by Crippen LogP contribution is 2.37. The van der Waals surface area contributed by atoms with Crippen LogP contribution in [-0.2, 0) is 4.79 Å². The van der Waals surface area contributed by atoms with Crippen molar-refractivity contribution in [2.24, 2.45) is 4.99 Å². The van der Waals surface area contributed by atoms with Crippen LogP contribution in [0.4, 0.5) is 0 Å². The molecule has 0 spiro atoms. The minimum absolute atomic E-state index is 0.247. The molecule has 8 nitrogen and oxygen atoms in total. The maximum absolute atomic E-state index is 14.0. The summed E-state index contributed by atoms with van der Waals surface area (Å²) in [6.07, 6.45) is 1.73. The molecule has 1 unspecified atom stereocenters. The second kappa shape index (κ2) is 13.9. The predicted octanol–water partition coefficient (Wildman–Crippen LogP) is 5.96. The van der Waals surface area contributed by atoms with Gasteiger partial charge in [-0.05, 0) is 60.5 Å². The first-order chi connectivity index (χ1) is 22.4. The van der Waals surface area contributed by atoms with Gasteiger partial charge in [-0.2, -0.15) is 0 Å². The molecule has 0 N–H and O–H groups in total. The third-order valence-corrected chi connectivity index (χ3v) is 8.47. The number of ether oxygens (including phenoxy) is 4. The SMILES string of the molecule is COc1cc(C=c2sc3n(c2=O)C(c2ccccc2)C(C(=O)Oc2ccccc2)=C(C)N=3)cc(Cl)c1OCCOc1ccccc1. The van der Waals surface area contributed by atoms with Crippen molar-refractivity contribution in [3.8, 4) is 23.0 Å². The lowest BCUT2D eigenvalue weighted by Crippen LogP contribution is -2.40. The van der Waals surface area contributed by atoms with Gasteiger partial charge in [-0.25, -0.2) is 9.79 Å². The average molecular weight is 653 g/mol. The molecule has 1 aliphatic heterocycles. The zero-order valence-corrected chi connectivity index (χ0v) is 26.6. The van der Waals surface area contributed by atoms with Gasteiger partial charge in [0.15, 0.2) is 16.3 Å². The van der Waals surface area contributed by atoms with Crippen LogP contribution in [0.1, 0.15) is 24.1 Å². The highest BCUT2D eigenvalue weighted by molar-refractivity contribution is 7.07. The third kappa shape index (κ3) is 6.61.